The number of hydrogen-bond donors (Lipinski definition) is 2. The topological polar surface area (TPSA) is 112 Å². The number of aromatic nitrogens is 2. The Morgan fingerprint density at radius 1 is 1.12 bits per heavy atom. The first-order valence-corrected chi connectivity index (χ1v) is 13.5. The van der Waals surface area contributed by atoms with Gasteiger partial charge in [-0.15, -0.1) is 0 Å². The van der Waals surface area contributed by atoms with E-state index in [0.717, 1.165) is 47.6 Å². The molecule has 2 aromatic carbocycles. The highest BCUT2D eigenvalue weighted by Gasteiger charge is 2.34. The standard InChI is InChI=1S/C23H27F3N2O2.C7H7N3O2/c1-15-8-9-16(12-19(15)20-14-28(10-11-30-20)22(2,3)4)21(29)27-18-7-5-6-17(13-18)23(24,25)26;11-7(12)10-2-5-1-8-4-9-6(5)3-10/h5-9,12-13,20H,10-11,14H2,1-4H3,(H,27,29);1,4H,2-3H2,(H,11,12). The lowest BCUT2D eigenvalue weighted by molar-refractivity contribution is -0.957. The molecule has 2 atom stereocenters. The van der Waals surface area contributed by atoms with Crippen LogP contribution in [-0.2, 0) is 24.0 Å². The van der Waals surface area contributed by atoms with Gasteiger partial charge in [-0.25, -0.2) is 9.97 Å². The Balaban J connectivity index is 0.000000279. The van der Waals surface area contributed by atoms with Crippen LogP contribution in [0.15, 0.2) is 55.0 Å². The average molecular weight is 586 g/mol. The first-order chi connectivity index (χ1) is 19.7. The molecule has 5 rings (SSSR count). The molecule has 0 aliphatic carbocycles. The molecule has 2 aliphatic rings. The third kappa shape index (κ3) is 7.62. The number of nitrogens with one attached hydrogen (secondary N) is 2. The summed E-state index contributed by atoms with van der Waals surface area (Å²) < 4.78 is 44.8. The van der Waals surface area contributed by atoms with Gasteiger partial charge in [-0.1, -0.05) is 12.1 Å². The number of morpholine rings is 1. The Labute approximate surface area is 242 Å². The molecule has 3 aromatic rings. The average Bonchev–Trinajstić information content (AvgIpc) is 3.38. The van der Waals surface area contributed by atoms with Crippen molar-refractivity contribution >= 4 is 17.7 Å². The van der Waals surface area contributed by atoms with Gasteiger partial charge in [0.2, 0.25) is 0 Å². The molecule has 1 fully saturated rings. The summed E-state index contributed by atoms with van der Waals surface area (Å²) in [7, 11) is 0. The van der Waals surface area contributed by atoms with Crippen LogP contribution in [0.3, 0.4) is 0 Å². The summed E-state index contributed by atoms with van der Waals surface area (Å²) in [6, 6.07) is 9.94. The number of anilines is 1. The van der Waals surface area contributed by atoms with E-state index in [9.17, 15) is 27.9 Å². The quantitative estimate of drug-likeness (QED) is 0.489. The smallest absolute Gasteiger partial charge is 0.416 e. The molecule has 12 heteroatoms. The molecule has 1 aromatic heterocycles. The number of amides is 2. The van der Waals surface area contributed by atoms with E-state index in [1.807, 2.05) is 13.0 Å². The Hall–Kier alpha value is -4.03. The first-order valence-electron chi connectivity index (χ1n) is 13.5. The van der Waals surface area contributed by atoms with Crippen LogP contribution < -0.4 is 15.3 Å². The van der Waals surface area contributed by atoms with Gasteiger partial charge in [0, 0.05) is 29.6 Å². The predicted octanol–water partition coefficient (Wildman–Crippen LogP) is 3.16. The highest BCUT2D eigenvalue weighted by Crippen LogP contribution is 2.31. The Kier molecular flexibility index (Phi) is 9.17. The van der Waals surface area contributed by atoms with Gasteiger partial charge in [0.25, 0.3) is 5.91 Å². The monoisotopic (exact) mass is 585 g/mol. The summed E-state index contributed by atoms with van der Waals surface area (Å²) in [6.45, 7) is 11.6. The fraction of sp³-hybridized carbons (Fsp3) is 0.400. The highest BCUT2D eigenvalue weighted by atomic mass is 19.4. The zero-order chi connectivity index (χ0) is 30.7. The second-order valence-corrected chi connectivity index (χ2v) is 11.4. The number of nitrogens with zero attached hydrogens (tertiary/aromatic N) is 3. The van der Waals surface area contributed by atoms with Crippen molar-refractivity contribution in [1.82, 2.24) is 14.9 Å². The van der Waals surface area contributed by atoms with Crippen LogP contribution in [0.4, 0.5) is 23.7 Å². The van der Waals surface area contributed by atoms with Gasteiger partial charge in [0.1, 0.15) is 31.6 Å². The number of quaternary nitrogens is 1. The van der Waals surface area contributed by atoms with E-state index >= 15 is 0 Å². The van der Waals surface area contributed by atoms with E-state index in [4.69, 9.17) is 4.74 Å². The number of rotatable bonds is 3. The van der Waals surface area contributed by atoms with E-state index in [1.165, 1.54) is 28.3 Å². The number of ether oxygens (including phenoxy) is 1. The molecular formula is C30H34F3N5O4. The second-order valence-electron chi connectivity index (χ2n) is 11.4. The third-order valence-electron chi connectivity index (χ3n) is 7.39. The van der Waals surface area contributed by atoms with Crippen molar-refractivity contribution in [2.24, 2.45) is 0 Å². The molecule has 42 heavy (non-hydrogen) atoms. The van der Waals surface area contributed by atoms with Crippen LogP contribution in [-0.4, -0.2) is 52.1 Å². The summed E-state index contributed by atoms with van der Waals surface area (Å²) in [5.74, 6) is -0.452. The van der Waals surface area contributed by atoms with Crippen molar-refractivity contribution in [3.05, 3.63) is 88.5 Å². The SMILES string of the molecule is Cc1ccc(C(=O)Nc2cccc(C(F)(F)F)c2)cc1C1C[NH+](C(C)(C)C)CCO1.O=C([O-])N1Cc2cncnc2C1. The van der Waals surface area contributed by atoms with Crippen LogP contribution >= 0.6 is 0 Å². The molecule has 9 nitrogen and oxygen atoms in total. The van der Waals surface area contributed by atoms with Crippen molar-refractivity contribution in [3.63, 3.8) is 0 Å². The number of halogens is 3. The van der Waals surface area contributed by atoms with Crippen molar-refractivity contribution < 1.29 is 37.5 Å². The first kappa shape index (κ1) is 30.9. The molecule has 0 spiro atoms. The molecule has 2 amide bonds. The Morgan fingerprint density at radius 2 is 1.88 bits per heavy atom. The molecule has 2 aliphatic heterocycles. The molecule has 224 valence electrons. The lowest BCUT2D eigenvalue weighted by Crippen LogP contribution is -3.20. The van der Waals surface area contributed by atoms with Crippen LogP contribution in [0.2, 0.25) is 0 Å². The number of aryl methyl sites for hydroxylation is 1. The number of alkyl halides is 3. The van der Waals surface area contributed by atoms with Crippen molar-refractivity contribution in [2.45, 2.75) is 58.6 Å². The minimum atomic E-state index is -4.46. The zero-order valence-corrected chi connectivity index (χ0v) is 23.9. The molecule has 0 saturated carbocycles. The number of fused-ring (bicyclic) bond motifs is 1. The number of carbonyl (C=O) groups excluding carboxylic acids is 2. The Morgan fingerprint density at radius 3 is 2.55 bits per heavy atom. The number of hydrogen-bond acceptors (Lipinski definition) is 6. The summed E-state index contributed by atoms with van der Waals surface area (Å²) in [6.07, 6.45) is -2.71. The summed E-state index contributed by atoms with van der Waals surface area (Å²) in [5, 5.41) is 13.0. The molecule has 3 heterocycles. The minimum absolute atomic E-state index is 0.0917. The van der Waals surface area contributed by atoms with E-state index in [-0.39, 0.29) is 17.3 Å². The Bertz CT molecular complexity index is 1420. The van der Waals surface area contributed by atoms with Crippen molar-refractivity contribution in [3.8, 4) is 0 Å². The summed E-state index contributed by atoms with van der Waals surface area (Å²) in [4.78, 5) is 33.5. The maximum absolute atomic E-state index is 12.9. The van der Waals surface area contributed by atoms with Gasteiger partial charge >= 0.3 is 6.18 Å². The predicted molar refractivity (Wildman–Crippen MR) is 146 cm³/mol. The zero-order valence-electron chi connectivity index (χ0n) is 23.9. The molecule has 0 radical (unpaired) electrons. The molecular weight excluding hydrogens is 551 g/mol. The molecule has 2 N–H and O–H groups in total. The maximum atomic E-state index is 12.9. The fourth-order valence-corrected chi connectivity index (χ4v) is 4.92. The van der Waals surface area contributed by atoms with E-state index in [0.29, 0.717) is 25.3 Å². The second kappa shape index (κ2) is 12.5. The number of carbonyl (C=O) groups is 2. The van der Waals surface area contributed by atoms with E-state index in [2.05, 4.69) is 36.1 Å². The van der Waals surface area contributed by atoms with Crippen molar-refractivity contribution in [2.75, 3.05) is 25.0 Å². The van der Waals surface area contributed by atoms with Crippen molar-refractivity contribution in [1.29, 1.82) is 0 Å². The molecule has 2 unspecified atom stereocenters. The van der Waals surface area contributed by atoms with Gasteiger partial charge < -0.3 is 29.8 Å². The molecule has 0 bridgehead atoms. The minimum Gasteiger partial charge on any atom is -0.530 e. The molecule has 1 saturated heterocycles. The largest absolute Gasteiger partial charge is 0.530 e. The summed E-state index contributed by atoms with van der Waals surface area (Å²) in [5.41, 5.74) is 3.38. The van der Waals surface area contributed by atoms with Crippen LogP contribution in [0.25, 0.3) is 0 Å². The number of benzene rings is 2. The van der Waals surface area contributed by atoms with Gasteiger partial charge in [-0.2, -0.15) is 13.2 Å². The number of carboxylic acid groups (broad SMARTS) is 1. The fourth-order valence-electron chi connectivity index (χ4n) is 4.92. The highest BCUT2D eigenvalue weighted by molar-refractivity contribution is 6.04. The van der Waals surface area contributed by atoms with Gasteiger partial charge in [0.05, 0.1) is 29.9 Å². The van der Waals surface area contributed by atoms with Crippen LogP contribution in [0, 0.1) is 6.92 Å². The van der Waals surface area contributed by atoms with Gasteiger partial charge in [0.15, 0.2) is 0 Å². The van der Waals surface area contributed by atoms with Crippen LogP contribution in [0.1, 0.15) is 65.2 Å². The van der Waals surface area contributed by atoms with Gasteiger partial charge in [-0.3, -0.25) is 4.79 Å². The lowest BCUT2D eigenvalue weighted by Gasteiger charge is -2.38. The van der Waals surface area contributed by atoms with E-state index in [1.54, 1.807) is 18.3 Å². The van der Waals surface area contributed by atoms with Gasteiger partial charge in [-0.05, 0) is 69.2 Å². The van der Waals surface area contributed by atoms with E-state index < -0.39 is 23.7 Å². The van der Waals surface area contributed by atoms with Crippen LogP contribution in [0.5, 0.6) is 0 Å². The normalized spacial score (nSPS) is 18.5. The summed E-state index contributed by atoms with van der Waals surface area (Å²) >= 11 is 0. The lowest BCUT2D eigenvalue weighted by atomic mass is 9.96. The third-order valence-corrected chi connectivity index (χ3v) is 7.39. The maximum Gasteiger partial charge on any atom is 0.416 e.